The van der Waals surface area contributed by atoms with E-state index in [1.54, 1.807) is 13.1 Å². The lowest BCUT2D eigenvalue weighted by Crippen LogP contribution is -2.24. The molecule has 0 unspecified atom stereocenters. The van der Waals surface area contributed by atoms with Gasteiger partial charge in [-0.15, -0.1) is 5.10 Å². The van der Waals surface area contributed by atoms with E-state index in [9.17, 15) is 18.0 Å². The third-order valence-electron chi connectivity index (χ3n) is 3.68. The van der Waals surface area contributed by atoms with Gasteiger partial charge in [-0.25, -0.2) is 0 Å². The first-order valence-electron chi connectivity index (χ1n) is 7.70. The highest BCUT2D eigenvalue weighted by molar-refractivity contribution is 8.00. The summed E-state index contributed by atoms with van der Waals surface area (Å²) in [5, 5.41) is 11.9. The van der Waals surface area contributed by atoms with E-state index in [-0.39, 0.29) is 5.69 Å². The van der Waals surface area contributed by atoms with Gasteiger partial charge in [0.1, 0.15) is 5.03 Å². The minimum absolute atomic E-state index is 0.263. The molecule has 0 saturated heterocycles. The Morgan fingerprint density at radius 1 is 1.12 bits per heavy atom. The molecule has 0 fully saturated rings. The molecule has 1 N–H and O–H groups in total. The number of thioether (sulfide) groups is 1. The fraction of sp³-hybridized carbons (Fsp3) is 0.167. The molecule has 1 heterocycles. The van der Waals surface area contributed by atoms with Crippen molar-refractivity contribution in [2.24, 2.45) is 0 Å². The zero-order chi connectivity index (χ0) is 18.7. The number of para-hydroxylation sites is 1. The van der Waals surface area contributed by atoms with Crippen LogP contribution in [0.3, 0.4) is 0 Å². The van der Waals surface area contributed by atoms with Crippen molar-refractivity contribution < 1.29 is 18.0 Å². The second-order valence-corrected chi connectivity index (χ2v) is 6.86. The van der Waals surface area contributed by atoms with Gasteiger partial charge in [0.25, 0.3) is 0 Å². The highest BCUT2D eigenvalue weighted by atomic mass is 32.2. The molecule has 0 aliphatic heterocycles. The Balaban J connectivity index is 1.79. The first-order chi connectivity index (χ1) is 12.4. The molecule has 8 heteroatoms. The van der Waals surface area contributed by atoms with E-state index < -0.39 is 22.9 Å². The van der Waals surface area contributed by atoms with Crippen molar-refractivity contribution in [1.29, 1.82) is 0 Å². The molecular weight excluding hydrogens is 363 g/mol. The number of hydrogen-bond acceptors (Lipinski definition) is 4. The fourth-order valence-corrected chi connectivity index (χ4v) is 3.29. The van der Waals surface area contributed by atoms with E-state index in [0.29, 0.717) is 5.03 Å². The first kappa shape index (κ1) is 18.2. The van der Waals surface area contributed by atoms with Crippen LogP contribution in [-0.4, -0.2) is 21.4 Å². The molecule has 1 amide bonds. The zero-order valence-corrected chi connectivity index (χ0v) is 14.4. The second kappa shape index (κ2) is 7.33. The fourth-order valence-electron chi connectivity index (χ4n) is 2.38. The van der Waals surface area contributed by atoms with Gasteiger partial charge in [0.2, 0.25) is 5.91 Å². The number of carbonyl (C=O) groups is 1. The maximum absolute atomic E-state index is 13.0. The minimum atomic E-state index is -4.54. The predicted molar refractivity (Wildman–Crippen MR) is 94.9 cm³/mol. The molecule has 1 atom stereocenters. The van der Waals surface area contributed by atoms with Crippen LogP contribution >= 0.6 is 11.8 Å². The van der Waals surface area contributed by atoms with Crippen LogP contribution in [0.1, 0.15) is 12.5 Å². The number of halogens is 3. The highest BCUT2D eigenvalue weighted by Crippen LogP contribution is 2.35. The van der Waals surface area contributed by atoms with Crippen LogP contribution in [0.4, 0.5) is 18.9 Å². The number of amides is 1. The normalized spacial score (nSPS) is 12.8. The van der Waals surface area contributed by atoms with E-state index in [1.165, 1.54) is 18.2 Å². The van der Waals surface area contributed by atoms with Gasteiger partial charge in [0.05, 0.1) is 22.7 Å². The average Bonchev–Trinajstić information content (AvgIpc) is 2.61. The van der Waals surface area contributed by atoms with Crippen LogP contribution in [0.2, 0.25) is 0 Å². The maximum Gasteiger partial charge on any atom is 0.418 e. The van der Waals surface area contributed by atoms with Gasteiger partial charge in [-0.05, 0) is 19.1 Å². The van der Waals surface area contributed by atoms with Crippen LogP contribution in [0.15, 0.2) is 59.8 Å². The van der Waals surface area contributed by atoms with Crippen molar-refractivity contribution in [3.05, 3.63) is 60.3 Å². The van der Waals surface area contributed by atoms with Gasteiger partial charge in [0, 0.05) is 10.8 Å². The summed E-state index contributed by atoms with van der Waals surface area (Å²) in [6.45, 7) is 1.61. The van der Waals surface area contributed by atoms with Crippen LogP contribution in [0.25, 0.3) is 10.8 Å². The number of nitrogens with one attached hydrogen (secondary N) is 1. The number of carbonyl (C=O) groups excluding carboxylic acids is 1. The molecule has 0 spiro atoms. The van der Waals surface area contributed by atoms with E-state index in [1.807, 2.05) is 24.3 Å². The SMILES string of the molecule is C[C@H](Sc1nncc2ccccc12)C(=O)Nc1ccccc1C(F)(F)F. The standard InChI is InChI=1S/C18H14F3N3OS/c1-11(26-17-13-7-3-2-6-12(13)10-22-24-17)16(25)23-15-9-5-4-8-14(15)18(19,20)21/h2-11H,1H3,(H,23,25)/t11-/m0/s1. The van der Waals surface area contributed by atoms with Gasteiger partial charge < -0.3 is 5.32 Å². The Bertz CT molecular complexity index is 941. The Morgan fingerprint density at radius 2 is 1.81 bits per heavy atom. The van der Waals surface area contributed by atoms with E-state index in [4.69, 9.17) is 0 Å². The van der Waals surface area contributed by atoms with Crippen molar-refractivity contribution >= 4 is 34.1 Å². The number of benzene rings is 2. The molecule has 134 valence electrons. The summed E-state index contributed by atoms with van der Waals surface area (Å²) < 4.78 is 39.1. The minimum Gasteiger partial charge on any atom is -0.325 e. The molecule has 26 heavy (non-hydrogen) atoms. The molecule has 2 aromatic carbocycles. The summed E-state index contributed by atoms with van der Waals surface area (Å²) in [4.78, 5) is 12.4. The largest absolute Gasteiger partial charge is 0.418 e. The quantitative estimate of drug-likeness (QED) is 0.666. The lowest BCUT2D eigenvalue weighted by atomic mass is 10.1. The number of nitrogens with zero attached hydrogens (tertiary/aromatic N) is 2. The smallest absolute Gasteiger partial charge is 0.325 e. The summed E-state index contributed by atoms with van der Waals surface area (Å²) in [7, 11) is 0. The third kappa shape index (κ3) is 3.96. The number of fused-ring (bicyclic) bond motifs is 1. The summed E-state index contributed by atoms with van der Waals surface area (Å²) in [5.41, 5.74) is -1.14. The van der Waals surface area contributed by atoms with Crippen LogP contribution in [0, 0.1) is 0 Å². The monoisotopic (exact) mass is 377 g/mol. The molecule has 0 aliphatic rings. The van der Waals surface area contributed by atoms with Gasteiger partial charge in [0.15, 0.2) is 0 Å². The van der Waals surface area contributed by atoms with Crippen molar-refractivity contribution in [1.82, 2.24) is 10.2 Å². The molecule has 3 aromatic rings. The number of rotatable bonds is 4. The van der Waals surface area contributed by atoms with E-state index >= 15 is 0 Å². The average molecular weight is 377 g/mol. The number of anilines is 1. The number of alkyl halides is 3. The zero-order valence-electron chi connectivity index (χ0n) is 13.6. The van der Waals surface area contributed by atoms with Gasteiger partial charge >= 0.3 is 6.18 Å². The van der Waals surface area contributed by atoms with Gasteiger partial charge in [-0.1, -0.05) is 48.2 Å². The highest BCUT2D eigenvalue weighted by Gasteiger charge is 2.34. The van der Waals surface area contributed by atoms with Crippen molar-refractivity contribution in [3.63, 3.8) is 0 Å². The molecule has 0 saturated carbocycles. The maximum atomic E-state index is 13.0. The Labute approximate surface area is 151 Å². The molecule has 0 bridgehead atoms. The summed E-state index contributed by atoms with van der Waals surface area (Å²) in [5.74, 6) is -0.540. The molecular formula is C18H14F3N3OS. The third-order valence-corrected chi connectivity index (χ3v) is 4.78. The van der Waals surface area contributed by atoms with E-state index in [2.05, 4.69) is 15.5 Å². The Hall–Kier alpha value is -2.61. The Morgan fingerprint density at radius 3 is 2.58 bits per heavy atom. The second-order valence-electron chi connectivity index (χ2n) is 5.53. The lowest BCUT2D eigenvalue weighted by Gasteiger charge is -2.16. The molecule has 0 aliphatic carbocycles. The Kier molecular flexibility index (Phi) is 5.13. The van der Waals surface area contributed by atoms with Crippen molar-refractivity contribution in [2.75, 3.05) is 5.32 Å². The topological polar surface area (TPSA) is 54.9 Å². The van der Waals surface area contributed by atoms with E-state index in [0.717, 1.165) is 28.6 Å². The van der Waals surface area contributed by atoms with Gasteiger partial charge in [-0.3, -0.25) is 4.79 Å². The summed E-state index contributed by atoms with van der Waals surface area (Å²) in [6, 6.07) is 12.3. The summed E-state index contributed by atoms with van der Waals surface area (Å²) in [6.07, 6.45) is -2.93. The molecule has 4 nitrogen and oxygen atoms in total. The predicted octanol–water partition coefficient (Wildman–Crippen LogP) is 4.77. The van der Waals surface area contributed by atoms with Crippen LogP contribution in [0.5, 0.6) is 0 Å². The van der Waals surface area contributed by atoms with Crippen LogP contribution in [-0.2, 0) is 11.0 Å². The summed E-state index contributed by atoms with van der Waals surface area (Å²) >= 11 is 1.15. The lowest BCUT2D eigenvalue weighted by molar-refractivity contribution is -0.137. The van der Waals surface area contributed by atoms with Crippen molar-refractivity contribution in [3.8, 4) is 0 Å². The molecule has 3 rings (SSSR count). The molecule has 0 radical (unpaired) electrons. The first-order valence-corrected chi connectivity index (χ1v) is 8.58. The molecule has 1 aromatic heterocycles. The number of hydrogen-bond donors (Lipinski definition) is 1. The number of aromatic nitrogens is 2. The van der Waals surface area contributed by atoms with Crippen molar-refractivity contribution in [2.45, 2.75) is 23.4 Å². The van der Waals surface area contributed by atoms with Gasteiger partial charge in [-0.2, -0.15) is 18.3 Å². The van der Waals surface area contributed by atoms with Crippen LogP contribution < -0.4 is 5.32 Å².